The van der Waals surface area contributed by atoms with Crippen LogP contribution >= 0.6 is 22.9 Å². The molecule has 0 unspecified atom stereocenters. The van der Waals surface area contributed by atoms with Gasteiger partial charge in [-0.05, 0) is 30.7 Å². The van der Waals surface area contributed by atoms with Gasteiger partial charge in [-0.3, -0.25) is 20.2 Å². The van der Waals surface area contributed by atoms with E-state index in [9.17, 15) is 14.9 Å². The van der Waals surface area contributed by atoms with E-state index in [1.165, 1.54) is 35.6 Å². The summed E-state index contributed by atoms with van der Waals surface area (Å²) in [7, 11) is 0. The van der Waals surface area contributed by atoms with Crippen LogP contribution in [0.25, 0.3) is 10.2 Å². The predicted octanol–water partition coefficient (Wildman–Crippen LogP) is 4.42. The molecule has 0 fully saturated rings. The van der Waals surface area contributed by atoms with Gasteiger partial charge in [0.15, 0.2) is 5.13 Å². The third-order valence-electron chi connectivity index (χ3n) is 3.29. The summed E-state index contributed by atoms with van der Waals surface area (Å²) >= 11 is 7.38. The lowest BCUT2D eigenvalue weighted by Crippen LogP contribution is -2.11. The lowest BCUT2D eigenvalue weighted by Gasteiger charge is -2.01. The second-order valence-electron chi connectivity index (χ2n) is 4.80. The van der Waals surface area contributed by atoms with E-state index in [0.717, 1.165) is 15.8 Å². The van der Waals surface area contributed by atoms with Crippen LogP contribution in [0.15, 0.2) is 36.4 Å². The molecule has 8 heteroatoms. The Labute approximate surface area is 139 Å². The number of nitrogens with one attached hydrogen (secondary N) is 1. The molecule has 1 aromatic heterocycles. The van der Waals surface area contributed by atoms with Crippen molar-refractivity contribution in [2.45, 2.75) is 6.92 Å². The summed E-state index contributed by atoms with van der Waals surface area (Å²) in [5, 5.41) is 14.5. The third kappa shape index (κ3) is 3.01. The van der Waals surface area contributed by atoms with Gasteiger partial charge in [0, 0.05) is 22.7 Å². The summed E-state index contributed by atoms with van der Waals surface area (Å²) in [6.07, 6.45) is 0. The van der Waals surface area contributed by atoms with Gasteiger partial charge in [-0.1, -0.05) is 29.0 Å². The predicted molar refractivity (Wildman–Crippen MR) is 90.4 cm³/mol. The van der Waals surface area contributed by atoms with E-state index in [0.29, 0.717) is 10.2 Å². The Morgan fingerprint density at radius 3 is 2.87 bits per heavy atom. The minimum atomic E-state index is -0.542. The fraction of sp³-hybridized carbons (Fsp3) is 0.0667. The highest BCUT2D eigenvalue weighted by Gasteiger charge is 2.14. The minimum absolute atomic E-state index is 0.135. The van der Waals surface area contributed by atoms with Crippen LogP contribution in [0.3, 0.4) is 0 Å². The average Bonchev–Trinajstić information content (AvgIpc) is 2.94. The molecule has 0 aliphatic heterocycles. The number of amides is 1. The second kappa shape index (κ2) is 5.94. The smallest absolute Gasteiger partial charge is 0.270 e. The number of fused-ring (bicyclic) bond motifs is 1. The maximum atomic E-state index is 12.2. The number of halogens is 1. The molecule has 0 radical (unpaired) electrons. The number of anilines is 1. The van der Waals surface area contributed by atoms with Crippen molar-refractivity contribution in [3.63, 3.8) is 0 Å². The standard InChI is InChI=1S/C15H10ClN3O3S/c1-8-11(16)5-6-12-13(8)17-15(23-12)18-14(20)9-3-2-4-10(7-9)19(21)22/h2-7H,1H3,(H,17,18,20). The summed E-state index contributed by atoms with van der Waals surface area (Å²) in [5.74, 6) is -0.448. The molecule has 0 aliphatic rings. The number of benzene rings is 2. The highest BCUT2D eigenvalue weighted by molar-refractivity contribution is 7.22. The van der Waals surface area contributed by atoms with Gasteiger partial charge in [0.1, 0.15) is 0 Å². The number of hydrogen-bond donors (Lipinski definition) is 1. The van der Waals surface area contributed by atoms with Crippen molar-refractivity contribution in [1.29, 1.82) is 0 Å². The fourth-order valence-electron chi connectivity index (χ4n) is 2.08. The van der Waals surface area contributed by atoms with Crippen molar-refractivity contribution in [3.05, 3.63) is 62.7 Å². The van der Waals surface area contributed by atoms with E-state index >= 15 is 0 Å². The lowest BCUT2D eigenvalue weighted by atomic mass is 10.2. The molecule has 0 spiro atoms. The van der Waals surface area contributed by atoms with Crippen LogP contribution in [-0.4, -0.2) is 15.8 Å². The van der Waals surface area contributed by atoms with Crippen LogP contribution in [0, 0.1) is 17.0 Å². The number of aryl methyl sites for hydroxylation is 1. The first-order valence-electron chi connectivity index (χ1n) is 6.57. The van der Waals surface area contributed by atoms with E-state index in [4.69, 9.17) is 11.6 Å². The molecule has 0 bridgehead atoms. The van der Waals surface area contributed by atoms with Crippen LogP contribution in [-0.2, 0) is 0 Å². The number of nitrogens with zero attached hydrogens (tertiary/aromatic N) is 2. The number of hydrogen-bond acceptors (Lipinski definition) is 5. The lowest BCUT2D eigenvalue weighted by molar-refractivity contribution is -0.384. The molecule has 2 aromatic carbocycles. The zero-order chi connectivity index (χ0) is 16.6. The summed E-state index contributed by atoms with van der Waals surface area (Å²) in [6.45, 7) is 1.86. The van der Waals surface area contributed by atoms with Crippen molar-refractivity contribution in [2.75, 3.05) is 5.32 Å². The summed E-state index contributed by atoms with van der Waals surface area (Å²) < 4.78 is 0.904. The maximum absolute atomic E-state index is 12.2. The van der Waals surface area contributed by atoms with Crippen LogP contribution in [0.1, 0.15) is 15.9 Å². The van der Waals surface area contributed by atoms with Gasteiger partial charge in [-0.25, -0.2) is 4.98 Å². The number of non-ortho nitro benzene ring substituents is 1. The average molecular weight is 348 g/mol. The topological polar surface area (TPSA) is 85.1 Å². The number of nitro groups is 1. The van der Waals surface area contributed by atoms with E-state index in [1.807, 2.05) is 13.0 Å². The molecule has 23 heavy (non-hydrogen) atoms. The van der Waals surface area contributed by atoms with Gasteiger partial charge in [0.05, 0.1) is 15.1 Å². The molecule has 1 amide bonds. The normalized spacial score (nSPS) is 10.7. The summed E-state index contributed by atoms with van der Waals surface area (Å²) in [4.78, 5) is 26.8. The van der Waals surface area contributed by atoms with E-state index < -0.39 is 10.8 Å². The summed E-state index contributed by atoms with van der Waals surface area (Å²) in [5.41, 5.74) is 1.64. The van der Waals surface area contributed by atoms with Crippen molar-refractivity contribution in [3.8, 4) is 0 Å². The van der Waals surface area contributed by atoms with E-state index in [2.05, 4.69) is 10.3 Å². The first-order chi connectivity index (χ1) is 11.0. The van der Waals surface area contributed by atoms with Crippen molar-refractivity contribution >= 4 is 49.9 Å². The number of rotatable bonds is 3. The molecule has 0 atom stereocenters. The molecular weight excluding hydrogens is 338 g/mol. The van der Waals surface area contributed by atoms with Gasteiger partial charge >= 0.3 is 0 Å². The second-order valence-corrected chi connectivity index (χ2v) is 6.24. The molecule has 0 saturated heterocycles. The number of thiazole rings is 1. The quantitative estimate of drug-likeness (QED) is 0.561. The van der Waals surface area contributed by atoms with Crippen molar-refractivity contribution in [1.82, 2.24) is 4.98 Å². The first kappa shape index (κ1) is 15.4. The van der Waals surface area contributed by atoms with Crippen molar-refractivity contribution in [2.24, 2.45) is 0 Å². The third-order valence-corrected chi connectivity index (χ3v) is 4.63. The minimum Gasteiger partial charge on any atom is -0.298 e. The Morgan fingerprint density at radius 2 is 2.13 bits per heavy atom. The van der Waals surface area contributed by atoms with E-state index in [-0.39, 0.29) is 11.3 Å². The molecule has 6 nitrogen and oxygen atoms in total. The Morgan fingerprint density at radius 1 is 1.35 bits per heavy atom. The Balaban J connectivity index is 1.90. The Bertz CT molecular complexity index is 939. The number of carbonyl (C=O) groups excluding carboxylic acids is 1. The van der Waals surface area contributed by atoms with Gasteiger partial charge < -0.3 is 0 Å². The largest absolute Gasteiger partial charge is 0.298 e. The SMILES string of the molecule is Cc1c(Cl)ccc2sc(NC(=O)c3cccc([N+](=O)[O-])c3)nc12. The molecule has 1 heterocycles. The van der Waals surface area contributed by atoms with Gasteiger partial charge in [0.2, 0.25) is 0 Å². The van der Waals surface area contributed by atoms with E-state index in [1.54, 1.807) is 6.07 Å². The van der Waals surface area contributed by atoms with Gasteiger partial charge in [0.25, 0.3) is 11.6 Å². The maximum Gasteiger partial charge on any atom is 0.270 e. The first-order valence-corrected chi connectivity index (χ1v) is 7.76. The van der Waals surface area contributed by atoms with Crippen LogP contribution in [0.4, 0.5) is 10.8 Å². The highest BCUT2D eigenvalue weighted by Crippen LogP contribution is 2.31. The Hall–Kier alpha value is -2.51. The number of carbonyl (C=O) groups is 1. The fourth-order valence-corrected chi connectivity index (χ4v) is 3.16. The number of nitro benzene ring substituents is 1. The van der Waals surface area contributed by atoms with Crippen LogP contribution < -0.4 is 5.32 Å². The molecule has 3 rings (SSSR count). The Kier molecular flexibility index (Phi) is 3.97. The zero-order valence-corrected chi connectivity index (χ0v) is 13.4. The molecule has 0 saturated carbocycles. The van der Waals surface area contributed by atoms with Crippen molar-refractivity contribution < 1.29 is 9.72 Å². The molecule has 3 aromatic rings. The molecule has 0 aliphatic carbocycles. The monoisotopic (exact) mass is 347 g/mol. The summed E-state index contributed by atoms with van der Waals surface area (Å²) in [6, 6.07) is 9.16. The van der Waals surface area contributed by atoms with Gasteiger partial charge in [-0.2, -0.15) is 0 Å². The highest BCUT2D eigenvalue weighted by atomic mass is 35.5. The molecule has 1 N–H and O–H groups in total. The number of aromatic nitrogens is 1. The van der Waals surface area contributed by atoms with Crippen LogP contribution in [0.2, 0.25) is 5.02 Å². The molecule has 116 valence electrons. The molecular formula is C15H10ClN3O3S. The van der Waals surface area contributed by atoms with Crippen LogP contribution in [0.5, 0.6) is 0 Å². The zero-order valence-electron chi connectivity index (χ0n) is 11.9. The van der Waals surface area contributed by atoms with Gasteiger partial charge in [-0.15, -0.1) is 0 Å².